The molecule has 0 aromatic carbocycles. The van der Waals surface area contributed by atoms with E-state index >= 15 is 0 Å². The summed E-state index contributed by atoms with van der Waals surface area (Å²) in [6, 6.07) is 0. The van der Waals surface area contributed by atoms with Crippen LogP contribution in [0.3, 0.4) is 0 Å². The maximum atomic E-state index is 10.5. The summed E-state index contributed by atoms with van der Waals surface area (Å²) in [6.07, 6.45) is 3.00. The fourth-order valence-electron chi connectivity index (χ4n) is 0.763. The fraction of sp³-hybridized carbons (Fsp3) is 0.857. The van der Waals surface area contributed by atoms with Gasteiger partial charge in [0.1, 0.15) is 0 Å². The van der Waals surface area contributed by atoms with E-state index in [2.05, 4.69) is 6.92 Å². The zero-order valence-corrected chi connectivity index (χ0v) is 9.12. The number of hydrogen-bond donors (Lipinski definition) is 1. The molecule has 3 heteroatoms. The Kier molecular flexibility index (Phi) is 6.17. The topological polar surface area (TPSA) is 37.3 Å². The number of aliphatic carboxylic acids is 1. The molecule has 0 aliphatic carbocycles. The minimum atomic E-state index is -0.620. The molecular formula is C7H13O2Sn. The second kappa shape index (κ2) is 6.01. The summed E-state index contributed by atoms with van der Waals surface area (Å²) in [5, 5.41) is 8.61. The molecule has 0 heterocycles. The first kappa shape index (κ1) is 10.3. The van der Waals surface area contributed by atoms with Crippen LogP contribution in [0.4, 0.5) is 0 Å². The zero-order chi connectivity index (χ0) is 7.98. The molecule has 3 radical (unpaired) electrons. The van der Waals surface area contributed by atoms with Gasteiger partial charge >= 0.3 is 74.9 Å². The van der Waals surface area contributed by atoms with Crippen LogP contribution in [-0.2, 0) is 4.79 Å². The molecule has 0 aromatic heterocycles. The third-order valence-corrected chi connectivity index (χ3v) is 2.91. The Morgan fingerprint density at radius 3 is 2.60 bits per heavy atom. The van der Waals surface area contributed by atoms with Crippen LogP contribution >= 0.6 is 0 Å². The van der Waals surface area contributed by atoms with E-state index in [9.17, 15) is 4.79 Å². The second-order valence-corrected chi connectivity index (χ2v) is 3.55. The van der Waals surface area contributed by atoms with Crippen molar-refractivity contribution < 1.29 is 9.90 Å². The molecule has 10 heavy (non-hydrogen) atoms. The van der Waals surface area contributed by atoms with Gasteiger partial charge in [0.2, 0.25) is 0 Å². The van der Waals surface area contributed by atoms with Gasteiger partial charge in [0.15, 0.2) is 0 Å². The SMILES string of the molecule is CCCCC([CH2][Sn])C(=O)O. The van der Waals surface area contributed by atoms with Gasteiger partial charge in [-0.25, -0.2) is 0 Å². The standard InChI is InChI=1S/C7H13O2.Sn/c1-3-4-5-6(2)7(8)9;/h6H,2-5H2,1H3,(H,8,9);. The summed E-state index contributed by atoms with van der Waals surface area (Å²) in [5.74, 6) is -0.691. The van der Waals surface area contributed by atoms with Gasteiger partial charge in [0, 0.05) is 0 Å². The molecule has 0 aromatic rings. The monoisotopic (exact) mass is 249 g/mol. The molecule has 1 atom stereocenters. The third kappa shape index (κ3) is 4.14. The quantitative estimate of drug-likeness (QED) is 0.748. The Labute approximate surface area is 75.1 Å². The Bertz CT molecular complexity index is 104. The van der Waals surface area contributed by atoms with Crippen LogP contribution in [-0.4, -0.2) is 33.6 Å². The molecule has 0 spiro atoms. The first-order valence-electron chi connectivity index (χ1n) is 3.59. The van der Waals surface area contributed by atoms with Gasteiger partial charge in [0.25, 0.3) is 0 Å². The molecule has 1 N–H and O–H groups in total. The Morgan fingerprint density at radius 2 is 2.30 bits per heavy atom. The van der Waals surface area contributed by atoms with E-state index < -0.39 is 5.97 Å². The van der Waals surface area contributed by atoms with Crippen LogP contribution in [0.5, 0.6) is 0 Å². The molecule has 0 aliphatic heterocycles. The van der Waals surface area contributed by atoms with Crippen LogP contribution in [0.1, 0.15) is 26.2 Å². The van der Waals surface area contributed by atoms with Crippen molar-refractivity contribution in [2.75, 3.05) is 0 Å². The van der Waals surface area contributed by atoms with E-state index in [1.165, 1.54) is 22.5 Å². The van der Waals surface area contributed by atoms with Gasteiger partial charge in [-0.1, -0.05) is 0 Å². The Morgan fingerprint density at radius 1 is 1.70 bits per heavy atom. The first-order chi connectivity index (χ1) is 4.72. The molecular weight excluding hydrogens is 235 g/mol. The molecule has 0 saturated carbocycles. The number of carboxylic acids is 1. The van der Waals surface area contributed by atoms with Gasteiger partial charge in [-0.3, -0.25) is 0 Å². The second-order valence-electron chi connectivity index (χ2n) is 2.38. The van der Waals surface area contributed by atoms with Crippen molar-refractivity contribution in [2.24, 2.45) is 5.92 Å². The summed E-state index contributed by atoms with van der Waals surface area (Å²) >= 11 is 1.33. The Balaban J connectivity index is 3.50. The number of hydrogen-bond acceptors (Lipinski definition) is 1. The van der Waals surface area contributed by atoms with Crippen molar-refractivity contribution in [2.45, 2.75) is 30.6 Å². The number of carbonyl (C=O) groups is 1. The summed E-state index contributed by atoms with van der Waals surface area (Å²) in [5.41, 5.74) is 0. The van der Waals surface area contributed by atoms with Crippen LogP contribution in [0.25, 0.3) is 0 Å². The van der Waals surface area contributed by atoms with Crippen molar-refractivity contribution in [3.05, 3.63) is 0 Å². The molecule has 2 nitrogen and oxygen atoms in total. The normalized spacial score (nSPS) is 13.0. The van der Waals surface area contributed by atoms with Crippen LogP contribution in [0.2, 0.25) is 4.44 Å². The number of rotatable bonds is 5. The number of unbranched alkanes of at least 4 members (excludes halogenated alkanes) is 1. The Hall–Kier alpha value is 0.269. The fourth-order valence-corrected chi connectivity index (χ4v) is 1.84. The summed E-state index contributed by atoms with van der Waals surface area (Å²) < 4.78 is 0.849. The summed E-state index contributed by atoms with van der Waals surface area (Å²) in [6.45, 7) is 2.09. The third-order valence-electron chi connectivity index (χ3n) is 1.50. The van der Waals surface area contributed by atoms with E-state index in [-0.39, 0.29) is 5.92 Å². The van der Waals surface area contributed by atoms with Crippen molar-refractivity contribution in [1.82, 2.24) is 0 Å². The van der Waals surface area contributed by atoms with Crippen LogP contribution < -0.4 is 0 Å². The average molecular weight is 248 g/mol. The molecule has 0 amide bonds. The minimum absolute atomic E-state index is 0.0712. The average Bonchev–Trinajstić information content (AvgIpc) is 1.89. The zero-order valence-electron chi connectivity index (χ0n) is 6.26. The summed E-state index contributed by atoms with van der Waals surface area (Å²) in [4.78, 5) is 10.5. The van der Waals surface area contributed by atoms with Gasteiger partial charge < -0.3 is 0 Å². The van der Waals surface area contributed by atoms with Crippen molar-refractivity contribution in [3.63, 3.8) is 0 Å². The molecule has 0 rings (SSSR count). The van der Waals surface area contributed by atoms with E-state index in [1.807, 2.05) is 0 Å². The van der Waals surface area contributed by atoms with Gasteiger partial charge in [0.05, 0.1) is 0 Å². The molecule has 57 valence electrons. The van der Waals surface area contributed by atoms with Crippen molar-refractivity contribution in [1.29, 1.82) is 0 Å². The molecule has 1 unspecified atom stereocenters. The van der Waals surface area contributed by atoms with Gasteiger partial charge in [-0.2, -0.15) is 0 Å². The van der Waals surface area contributed by atoms with Gasteiger partial charge in [-0.05, 0) is 0 Å². The van der Waals surface area contributed by atoms with E-state index in [4.69, 9.17) is 5.11 Å². The van der Waals surface area contributed by atoms with E-state index in [0.717, 1.165) is 23.7 Å². The van der Waals surface area contributed by atoms with Gasteiger partial charge in [-0.15, -0.1) is 0 Å². The molecule has 0 aliphatic rings. The molecule has 0 saturated heterocycles. The maximum absolute atomic E-state index is 10.5. The summed E-state index contributed by atoms with van der Waals surface area (Å²) in [7, 11) is 0. The van der Waals surface area contributed by atoms with Crippen molar-refractivity contribution >= 4 is 28.5 Å². The predicted molar refractivity (Wildman–Crippen MR) is 41.2 cm³/mol. The molecule has 0 fully saturated rings. The van der Waals surface area contributed by atoms with Crippen LogP contribution in [0.15, 0.2) is 0 Å². The van der Waals surface area contributed by atoms with Crippen LogP contribution in [0, 0.1) is 5.92 Å². The molecule has 0 bridgehead atoms. The van der Waals surface area contributed by atoms with E-state index in [1.54, 1.807) is 0 Å². The number of carboxylic acid groups (broad SMARTS) is 1. The predicted octanol–water partition coefficient (Wildman–Crippen LogP) is 1.46. The first-order valence-corrected chi connectivity index (χ1v) is 5.61. The van der Waals surface area contributed by atoms with E-state index in [0.29, 0.717) is 0 Å². The van der Waals surface area contributed by atoms with Crippen molar-refractivity contribution in [3.8, 4) is 0 Å².